The molecule has 0 saturated heterocycles. The normalized spacial score (nSPS) is 10.2. The van der Waals surface area contributed by atoms with Crippen LogP contribution in [0.3, 0.4) is 0 Å². The van der Waals surface area contributed by atoms with Crippen LogP contribution in [0.1, 0.15) is 21.7 Å². The highest BCUT2D eigenvalue weighted by atomic mass is 16.4. The fourth-order valence-electron chi connectivity index (χ4n) is 2.01. The molecular formula is C15H17N3O3. The lowest BCUT2D eigenvalue weighted by molar-refractivity contribution is 0.0692. The van der Waals surface area contributed by atoms with Gasteiger partial charge in [0.25, 0.3) is 0 Å². The van der Waals surface area contributed by atoms with E-state index in [1.807, 2.05) is 31.2 Å². The summed E-state index contributed by atoms with van der Waals surface area (Å²) in [4.78, 5) is 27.5. The number of aryl methyl sites for hydroxylation is 2. The van der Waals surface area contributed by atoms with Gasteiger partial charge in [-0.25, -0.2) is 9.59 Å². The van der Waals surface area contributed by atoms with Crippen molar-refractivity contribution in [2.24, 2.45) is 0 Å². The van der Waals surface area contributed by atoms with E-state index in [2.05, 4.69) is 10.3 Å². The van der Waals surface area contributed by atoms with Gasteiger partial charge in [-0.15, -0.1) is 0 Å². The molecule has 1 aromatic heterocycles. The van der Waals surface area contributed by atoms with Gasteiger partial charge in [-0.05, 0) is 37.6 Å². The molecule has 0 atom stereocenters. The lowest BCUT2D eigenvalue weighted by Gasteiger charge is -2.18. The lowest BCUT2D eigenvalue weighted by Crippen LogP contribution is -2.31. The van der Waals surface area contributed by atoms with Crippen LogP contribution in [-0.4, -0.2) is 29.1 Å². The molecule has 0 aliphatic rings. The monoisotopic (exact) mass is 287 g/mol. The topological polar surface area (TPSA) is 85.4 Å². The summed E-state index contributed by atoms with van der Waals surface area (Å²) in [5.74, 6) is -1.11. The predicted octanol–water partition coefficient (Wildman–Crippen LogP) is 3.00. The number of hydrogen-bond acceptors (Lipinski definition) is 2. The Bertz CT molecular complexity index is 691. The maximum atomic E-state index is 12.2. The summed E-state index contributed by atoms with van der Waals surface area (Å²) >= 11 is 0. The maximum Gasteiger partial charge on any atom is 0.354 e. The fraction of sp³-hybridized carbons (Fsp3) is 0.200. The number of carbonyl (C=O) groups excluding carboxylic acids is 1. The summed E-state index contributed by atoms with van der Waals surface area (Å²) in [6.07, 6.45) is 0. The maximum absolute atomic E-state index is 12.2. The molecular weight excluding hydrogens is 270 g/mol. The summed E-state index contributed by atoms with van der Waals surface area (Å²) in [6.45, 7) is 3.67. The first-order valence-corrected chi connectivity index (χ1v) is 6.42. The molecule has 2 amide bonds. The van der Waals surface area contributed by atoms with Crippen molar-refractivity contribution in [1.29, 1.82) is 0 Å². The Morgan fingerprint density at radius 2 is 1.95 bits per heavy atom. The van der Waals surface area contributed by atoms with Crippen molar-refractivity contribution in [1.82, 2.24) is 4.98 Å². The molecule has 0 saturated carbocycles. The van der Waals surface area contributed by atoms with Crippen LogP contribution in [-0.2, 0) is 0 Å². The van der Waals surface area contributed by atoms with Crippen LogP contribution >= 0.6 is 0 Å². The largest absolute Gasteiger partial charge is 0.477 e. The second kappa shape index (κ2) is 5.70. The number of anilines is 2. The van der Waals surface area contributed by atoms with Crippen LogP contribution in [0.2, 0.25) is 0 Å². The Hall–Kier alpha value is -2.76. The molecule has 0 aliphatic heterocycles. The van der Waals surface area contributed by atoms with Gasteiger partial charge in [0, 0.05) is 18.4 Å². The van der Waals surface area contributed by atoms with Gasteiger partial charge in [-0.3, -0.25) is 4.90 Å². The van der Waals surface area contributed by atoms with Gasteiger partial charge in [0.1, 0.15) is 5.69 Å². The van der Waals surface area contributed by atoms with E-state index in [0.717, 1.165) is 11.3 Å². The van der Waals surface area contributed by atoms with Gasteiger partial charge in [0.2, 0.25) is 0 Å². The third-order valence-corrected chi connectivity index (χ3v) is 3.10. The third-order valence-electron chi connectivity index (χ3n) is 3.10. The predicted molar refractivity (Wildman–Crippen MR) is 81.1 cm³/mol. The molecule has 0 aliphatic carbocycles. The van der Waals surface area contributed by atoms with E-state index in [-0.39, 0.29) is 11.4 Å². The highest BCUT2D eigenvalue weighted by molar-refractivity contribution is 6.05. The number of nitrogens with zero attached hydrogens (tertiary/aromatic N) is 1. The van der Waals surface area contributed by atoms with Gasteiger partial charge in [0.05, 0.1) is 5.69 Å². The van der Waals surface area contributed by atoms with Crippen molar-refractivity contribution < 1.29 is 14.7 Å². The average Bonchev–Trinajstić information content (AvgIpc) is 2.79. The molecule has 0 unspecified atom stereocenters. The van der Waals surface area contributed by atoms with E-state index in [0.29, 0.717) is 5.69 Å². The molecule has 2 rings (SSSR count). The second-order valence-electron chi connectivity index (χ2n) is 4.87. The van der Waals surface area contributed by atoms with E-state index >= 15 is 0 Å². The Kier molecular flexibility index (Phi) is 3.98. The molecule has 110 valence electrons. The molecule has 3 N–H and O–H groups in total. The van der Waals surface area contributed by atoms with Crippen molar-refractivity contribution in [3.8, 4) is 0 Å². The number of amides is 2. The minimum absolute atomic E-state index is 0.0292. The van der Waals surface area contributed by atoms with E-state index < -0.39 is 12.0 Å². The SMILES string of the molecule is Cc1cccc(N(C)C(=O)Nc2cc(C)[nH]c2C(=O)O)c1. The van der Waals surface area contributed by atoms with Crippen LogP contribution in [0.25, 0.3) is 0 Å². The molecule has 1 aromatic carbocycles. The molecule has 2 aromatic rings. The number of nitrogens with one attached hydrogen (secondary N) is 2. The first-order valence-electron chi connectivity index (χ1n) is 6.42. The van der Waals surface area contributed by atoms with Crippen molar-refractivity contribution >= 4 is 23.4 Å². The zero-order valence-corrected chi connectivity index (χ0v) is 12.1. The van der Waals surface area contributed by atoms with Crippen LogP contribution in [0.15, 0.2) is 30.3 Å². The summed E-state index contributed by atoms with van der Waals surface area (Å²) in [7, 11) is 1.63. The number of aromatic carboxylic acids is 1. The third kappa shape index (κ3) is 3.22. The number of aromatic amines is 1. The Labute approximate surface area is 122 Å². The number of benzene rings is 1. The molecule has 6 heteroatoms. The van der Waals surface area contributed by atoms with E-state index in [1.165, 1.54) is 4.90 Å². The van der Waals surface area contributed by atoms with Crippen LogP contribution < -0.4 is 10.2 Å². The summed E-state index contributed by atoms with van der Waals surface area (Å²) in [6, 6.07) is 8.67. The highest BCUT2D eigenvalue weighted by Crippen LogP contribution is 2.19. The Balaban J connectivity index is 2.20. The zero-order chi connectivity index (χ0) is 15.6. The number of aromatic nitrogens is 1. The Morgan fingerprint density at radius 3 is 2.57 bits per heavy atom. The minimum Gasteiger partial charge on any atom is -0.477 e. The van der Waals surface area contributed by atoms with E-state index in [9.17, 15) is 9.59 Å². The number of urea groups is 1. The van der Waals surface area contributed by atoms with Gasteiger partial charge in [0.15, 0.2) is 0 Å². The van der Waals surface area contributed by atoms with Gasteiger partial charge in [-0.1, -0.05) is 12.1 Å². The zero-order valence-electron chi connectivity index (χ0n) is 12.1. The average molecular weight is 287 g/mol. The Morgan fingerprint density at radius 1 is 1.24 bits per heavy atom. The first-order chi connectivity index (χ1) is 9.88. The van der Waals surface area contributed by atoms with Crippen LogP contribution in [0, 0.1) is 13.8 Å². The number of hydrogen-bond donors (Lipinski definition) is 3. The number of carbonyl (C=O) groups is 2. The number of rotatable bonds is 3. The quantitative estimate of drug-likeness (QED) is 0.811. The number of carboxylic acid groups (broad SMARTS) is 1. The molecule has 6 nitrogen and oxygen atoms in total. The second-order valence-corrected chi connectivity index (χ2v) is 4.87. The summed E-state index contributed by atoms with van der Waals surface area (Å²) < 4.78 is 0. The standard InChI is InChI=1S/C15H17N3O3/c1-9-5-4-6-11(7-9)18(3)15(21)17-12-8-10(2)16-13(12)14(19)20/h4-8,16H,1-3H3,(H,17,21)(H,19,20). The van der Waals surface area contributed by atoms with E-state index in [4.69, 9.17) is 5.11 Å². The molecule has 0 radical (unpaired) electrons. The van der Waals surface area contributed by atoms with Crippen molar-refractivity contribution in [3.63, 3.8) is 0 Å². The molecule has 1 heterocycles. The molecule has 0 fully saturated rings. The van der Waals surface area contributed by atoms with Gasteiger partial charge in [-0.2, -0.15) is 0 Å². The minimum atomic E-state index is -1.11. The smallest absolute Gasteiger partial charge is 0.354 e. The van der Waals surface area contributed by atoms with Gasteiger partial charge < -0.3 is 15.4 Å². The highest BCUT2D eigenvalue weighted by Gasteiger charge is 2.18. The molecule has 21 heavy (non-hydrogen) atoms. The number of carboxylic acids is 1. The van der Waals surface area contributed by atoms with Crippen molar-refractivity contribution in [3.05, 3.63) is 47.3 Å². The lowest BCUT2D eigenvalue weighted by atomic mass is 10.2. The van der Waals surface area contributed by atoms with Crippen molar-refractivity contribution in [2.45, 2.75) is 13.8 Å². The first kappa shape index (κ1) is 14.6. The fourth-order valence-corrected chi connectivity index (χ4v) is 2.01. The van der Waals surface area contributed by atoms with E-state index in [1.54, 1.807) is 20.0 Å². The van der Waals surface area contributed by atoms with Crippen molar-refractivity contribution in [2.75, 3.05) is 17.3 Å². The van der Waals surface area contributed by atoms with Crippen LogP contribution in [0.5, 0.6) is 0 Å². The summed E-state index contributed by atoms with van der Waals surface area (Å²) in [5, 5.41) is 11.7. The number of H-pyrrole nitrogens is 1. The molecule has 0 bridgehead atoms. The summed E-state index contributed by atoms with van der Waals surface area (Å²) in [5.41, 5.74) is 2.66. The van der Waals surface area contributed by atoms with Gasteiger partial charge >= 0.3 is 12.0 Å². The van der Waals surface area contributed by atoms with Crippen LogP contribution in [0.4, 0.5) is 16.2 Å². The molecule has 0 spiro atoms.